The number of benzene rings is 2. The van der Waals surface area contributed by atoms with Gasteiger partial charge in [0.2, 0.25) is 10.0 Å². The van der Waals surface area contributed by atoms with E-state index in [1.54, 1.807) is 19.2 Å². The van der Waals surface area contributed by atoms with E-state index in [1.165, 1.54) is 22.0 Å². The molecule has 1 aliphatic rings. The van der Waals surface area contributed by atoms with Crippen molar-refractivity contribution < 1.29 is 17.9 Å². The van der Waals surface area contributed by atoms with Crippen molar-refractivity contribution in [2.45, 2.75) is 57.4 Å². The summed E-state index contributed by atoms with van der Waals surface area (Å²) in [4.78, 5) is 15.0. The topological polar surface area (TPSA) is 66.9 Å². The molecule has 33 heavy (non-hydrogen) atoms. The maximum Gasteiger partial charge on any atom is 0.253 e. The maximum atomic E-state index is 12.9. The molecular weight excluding hydrogens is 436 g/mol. The van der Waals surface area contributed by atoms with Gasteiger partial charge in [-0.15, -0.1) is 0 Å². The average molecular weight is 473 g/mol. The van der Waals surface area contributed by atoms with Crippen molar-refractivity contribution in [3.63, 3.8) is 0 Å². The third-order valence-corrected chi connectivity index (χ3v) is 8.53. The number of amides is 1. The molecule has 180 valence electrons. The van der Waals surface area contributed by atoms with E-state index in [-0.39, 0.29) is 16.8 Å². The first-order valence-electron chi connectivity index (χ1n) is 11.8. The highest BCUT2D eigenvalue weighted by molar-refractivity contribution is 7.89. The first-order valence-corrected chi connectivity index (χ1v) is 13.3. The fraction of sp³-hybridized carbons (Fsp3) is 0.500. The molecule has 1 heterocycles. The smallest absolute Gasteiger partial charge is 0.253 e. The van der Waals surface area contributed by atoms with Crippen LogP contribution in [-0.2, 0) is 16.4 Å². The number of likely N-dealkylation sites (tertiary alicyclic amines) is 1. The van der Waals surface area contributed by atoms with Gasteiger partial charge in [-0.2, -0.15) is 4.31 Å². The number of sulfonamides is 1. The Morgan fingerprint density at radius 3 is 2.21 bits per heavy atom. The standard InChI is InChI=1S/C26H36N2O4S/c1-5-32-24-12-8-21(9-13-24)6-7-22-16-18-28(19-17-22)26(29)23-10-14-25(15-11-23)33(30,31)27(4)20(2)3/h8-15,20,22H,5-7,16-19H2,1-4H3. The van der Waals surface area contributed by atoms with Crippen LogP contribution in [0, 0.1) is 5.92 Å². The molecule has 0 spiro atoms. The number of rotatable bonds is 9. The molecule has 1 fully saturated rings. The van der Waals surface area contributed by atoms with Crippen LogP contribution in [0.5, 0.6) is 5.75 Å². The highest BCUT2D eigenvalue weighted by atomic mass is 32.2. The molecule has 1 aliphatic heterocycles. The van der Waals surface area contributed by atoms with E-state index in [4.69, 9.17) is 4.74 Å². The molecule has 0 bridgehead atoms. The van der Waals surface area contributed by atoms with Crippen molar-refractivity contribution >= 4 is 15.9 Å². The summed E-state index contributed by atoms with van der Waals surface area (Å²) in [6.45, 7) is 7.80. The summed E-state index contributed by atoms with van der Waals surface area (Å²) < 4.78 is 32.1. The summed E-state index contributed by atoms with van der Waals surface area (Å²) in [6.07, 6.45) is 4.14. The molecule has 0 radical (unpaired) electrons. The number of piperidine rings is 1. The Morgan fingerprint density at radius 2 is 1.67 bits per heavy atom. The molecular formula is C26H36N2O4S. The fourth-order valence-corrected chi connectivity index (χ4v) is 5.48. The maximum absolute atomic E-state index is 12.9. The van der Waals surface area contributed by atoms with Gasteiger partial charge in [-0.1, -0.05) is 12.1 Å². The van der Waals surface area contributed by atoms with E-state index in [0.29, 0.717) is 18.1 Å². The van der Waals surface area contributed by atoms with E-state index in [2.05, 4.69) is 12.1 Å². The normalized spacial score (nSPS) is 15.3. The molecule has 1 amide bonds. The molecule has 0 aliphatic carbocycles. The number of aryl methyl sites for hydroxylation is 1. The summed E-state index contributed by atoms with van der Waals surface area (Å²) in [5, 5.41) is 0. The zero-order valence-electron chi connectivity index (χ0n) is 20.2. The van der Waals surface area contributed by atoms with Crippen LogP contribution in [0.4, 0.5) is 0 Å². The molecule has 6 nitrogen and oxygen atoms in total. The first-order chi connectivity index (χ1) is 15.7. The highest BCUT2D eigenvalue weighted by Gasteiger charge is 2.26. The summed E-state index contributed by atoms with van der Waals surface area (Å²) in [6, 6.07) is 14.5. The second-order valence-electron chi connectivity index (χ2n) is 8.99. The quantitative estimate of drug-likeness (QED) is 0.535. The summed E-state index contributed by atoms with van der Waals surface area (Å²) in [5.74, 6) is 1.49. The largest absolute Gasteiger partial charge is 0.494 e. The van der Waals surface area contributed by atoms with Crippen molar-refractivity contribution in [2.75, 3.05) is 26.7 Å². The van der Waals surface area contributed by atoms with E-state index in [0.717, 1.165) is 44.5 Å². The van der Waals surface area contributed by atoms with Gasteiger partial charge in [0, 0.05) is 31.7 Å². The van der Waals surface area contributed by atoms with Crippen molar-refractivity contribution in [3.8, 4) is 5.75 Å². The number of nitrogens with zero attached hydrogens (tertiary/aromatic N) is 2. The van der Waals surface area contributed by atoms with E-state index in [1.807, 2.05) is 37.8 Å². The minimum absolute atomic E-state index is 0.0267. The third-order valence-electron chi connectivity index (χ3n) is 6.48. The lowest BCUT2D eigenvalue weighted by molar-refractivity contribution is 0.0687. The molecule has 0 atom stereocenters. The molecule has 0 aromatic heterocycles. The molecule has 2 aromatic rings. The molecule has 7 heteroatoms. The second-order valence-corrected chi connectivity index (χ2v) is 11.0. The zero-order valence-corrected chi connectivity index (χ0v) is 21.0. The Balaban J connectivity index is 1.50. The fourth-order valence-electron chi connectivity index (χ4n) is 4.11. The Labute approximate surface area is 198 Å². The van der Waals surface area contributed by atoms with Crippen LogP contribution < -0.4 is 4.74 Å². The Kier molecular flexibility index (Phi) is 8.54. The lowest BCUT2D eigenvalue weighted by Crippen LogP contribution is -2.38. The first kappa shape index (κ1) is 25.2. The van der Waals surface area contributed by atoms with E-state index >= 15 is 0 Å². The number of carbonyl (C=O) groups excluding carboxylic acids is 1. The van der Waals surface area contributed by atoms with Gasteiger partial charge in [-0.3, -0.25) is 4.79 Å². The molecule has 1 saturated heterocycles. The monoisotopic (exact) mass is 472 g/mol. The molecule has 0 N–H and O–H groups in total. The number of hydrogen-bond acceptors (Lipinski definition) is 4. The molecule has 0 saturated carbocycles. The lowest BCUT2D eigenvalue weighted by Gasteiger charge is -2.32. The van der Waals surface area contributed by atoms with Gasteiger partial charge in [0.25, 0.3) is 5.91 Å². The van der Waals surface area contributed by atoms with Crippen LogP contribution in [0.25, 0.3) is 0 Å². The van der Waals surface area contributed by atoms with Crippen molar-refractivity contribution in [1.82, 2.24) is 9.21 Å². The van der Waals surface area contributed by atoms with Crippen molar-refractivity contribution in [2.24, 2.45) is 5.92 Å². The summed E-state index contributed by atoms with van der Waals surface area (Å²) in [5.41, 5.74) is 1.85. The van der Waals surface area contributed by atoms with Crippen LogP contribution in [0.2, 0.25) is 0 Å². The zero-order chi connectivity index (χ0) is 24.0. The number of hydrogen-bond donors (Lipinski definition) is 0. The van der Waals surface area contributed by atoms with Gasteiger partial charge in [0.15, 0.2) is 0 Å². The lowest BCUT2D eigenvalue weighted by atomic mass is 9.90. The Morgan fingerprint density at radius 1 is 1.06 bits per heavy atom. The molecule has 3 rings (SSSR count). The van der Waals surface area contributed by atoms with Crippen LogP contribution in [-0.4, -0.2) is 56.3 Å². The van der Waals surface area contributed by atoms with E-state index in [9.17, 15) is 13.2 Å². The van der Waals surface area contributed by atoms with Crippen molar-refractivity contribution in [3.05, 3.63) is 59.7 Å². The van der Waals surface area contributed by atoms with Crippen LogP contribution in [0.15, 0.2) is 53.4 Å². The van der Waals surface area contributed by atoms with Crippen molar-refractivity contribution in [1.29, 1.82) is 0 Å². The SMILES string of the molecule is CCOc1ccc(CCC2CCN(C(=O)c3ccc(S(=O)(=O)N(C)C(C)C)cc3)CC2)cc1. The van der Waals surface area contributed by atoms with E-state index < -0.39 is 10.0 Å². The van der Waals surface area contributed by atoms with Gasteiger partial charge < -0.3 is 9.64 Å². The molecule has 2 aromatic carbocycles. The minimum atomic E-state index is -3.55. The number of ether oxygens (including phenoxy) is 1. The minimum Gasteiger partial charge on any atom is -0.494 e. The summed E-state index contributed by atoms with van der Waals surface area (Å²) in [7, 11) is -1.98. The van der Waals surface area contributed by atoms with Crippen LogP contribution >= 0.6 is 0 Å². The van der Waals surface area contributed by atoms with Gasteiger partial charge in [0.05, 0.1) is 11.5 Å². The van der Waals surface area contributed by atoms with Gasteiger partial charge in [-0.05, 0) is 94.3 Å². The Bertz CT molecular complexity index is 1010. The van der Waals surface area contributed by atoms with Crippen LogP contribution in [0.1, 0.15) is 56.0 Å². The van der Waals surface area contributed by atoms with Gasteiger partial charge in [-0.25, -0.2) is 8.42 Å². The van der Waals surface area contributed by atoms with Gasteiger partial charge in [0.1, 0.15) is 5.75 Å². The Hall–Kier alpha value is -2.38. The average Bonchev–Trinajstić information content (AvgIpc) is 2.83. The predicted molar refractivity (Wildman–Crippen MR) is 131 cm³/mol. The second kappa shape index (κ2) is 11.2. The summed E-state index contributed by atoms with van der Waals surface area (Å²) >= 11 is 0. The third kappa shape index (κ3) is 6.36. The highest BCUT2D eigenvalue weighted by Crippen LogP contribution is 2.25. The van der Waals surface area contributed by atoms with Gasteiger partial charge >= 0.3 is 0 Å². The molecule has 0 unspecified atom stereocenters. The number of carbonyl (C=O) groups is 1. The van der Waals surface area contributed by atoms with Crippen LogP contribution in [0.3, 0.4) is 0 Å². The predicted octanol–water partition coefficient (Wildman–Crippen LogP) is 4.60.